The first kappa shape index (κ1) is 19.8. The summed E-state index contributed by atoms with van der Waals surface area (Å²) in [6.45, 7) is 11.2. The Bertz CT molecular complexity index is 681. The molecule has 0 aliphatic carbocycles. The fourth-order valence-corrected chi connectivity index (χ4v) is 3.50. The molecular formula is C21H31N3O3. The number of fused-ring (bicyclic) bond motifs is 1. The van der Waals surface area contributed by atoms with Gasteiger partial charge in [0, 0.05) is 39.1 Å². The Hall–Kier alpha value is -1.92. The predicted octanol–water partition coefficient (Wildman–Crippen LogP) is 2.53. The Morgan fingerprint density at radius 1 is 1.22 bits per heavy atom. The maximum absolute atomic E-state index is 12.1. The van der Waals surface area contributed by atoms with E-state index in [1.54, 1.807) is 6.92 Å². The largest absolute Gasteiger partial charge is 0.479 e. The van der Waals surface area contributed by atoms with Crippen molar-refractivity contribution in [2.75, 3.05) is 38.0 Å². The third kappa shape index (κ3) is 5.53. The number of carbonyl (C=O) groups is 2. The van der Waals surface area contributed by atoms with Crippen LogP contribution in [-0.2, 0) is 16.1 Å². The van der Waals surface area contributed by atoms with Crippen LogP contribution in [0, 0.1) is 5.92 Å². The Morgan fingerprint density at radius 2 is 1.93 bits per heavy atom. The molecule has 0 aromatic heterocycles. The number of rotatable bonds is 7. The van der Waals surface area contributed by atoms with Crippen molar-refractivity contribution in [3.8, 4) is 5.75 Å². The number of anilines is 1. The van der Waals surface area contributed by atoms with Crippen molar-refractivity contribution in [3.05, 3.63) is 23.8 Å². The van der Waals surface area contributed by atoms with E-state index in [1.807, 2.05) is 12.1 Å². The van der Waals surface area contributed by atoms with Crippen molar-refractivity contribution in [1.82, 2.24) is 9.80 Å². The zero-order valence-electron chi connectivity index (χ0n) is 16.7. The number of hydrogen-bond donors (Lipinski definition) is 1. The Labute approximate surface area is 161 Å². The quantitative estimate of drug-likeness (QED) is 0.796. The summed E-state index contributed by atoms with van der Waals surface area (Å²) >= 11 is 0. The topological polar surface area (TPSA) is 61.9 Å². The molecule has 0 radical (unpaired) electrons. The fraction of sp³-hybridized carbons (Fsp3) is 0.619. The first-order valence-electron chi connectivity index (χ1n) is 9.97. The van der Waals surface area contributed by atoms with E-state index < -0.39 is 6.10 Å². The summed E-state index contributed by atoms with van der Waals surface area (Å²) in [4.78, 5) is 28.5. The maximum atomic E-state index is 12.1. The lowest BCUT2D eigenvalue weighted by molar-refractivity contribution is -0.123. The minimum absolute atomic E-state index is 0.101. The lowest BCUT2D eigenvalue weighted by Crippen LogP contribution is -2.47. The van der Waals surface area contributed by atoms with E-state index in [-0.39, 0.29) is 5.91 Å². The number of amides is 1. The minimum atomic E-state index is -0.445. The molecule has 1 fully saturated rings. The Morgan fingerprint density at radius 3 is 2.63 bits per heavy atom. The smallest absolute Gasteiger partial charge is 0.265 e. The molecule has 1 saturated heterocycles. The SMILES string of the molecule is CC(C)CCC(=O)CN1CCN(Cc2ccc3c(c2)NC(=O)C(C)O3)CC1. The van der Waals surface area contributed by atoms with Gasteiger partial charge in [-0.3, -0.25) is 19.4 Å². The van der Waals surface area contributed by atoms with E-state index in [9.17, 15) is 9.59 Å². The van der Waals surface area contributed by atoms with Gasteiger partial charge in [0.05, 0.1) is 12.2 Å². The van der Waals surface area contributed by atoms with Crippen LogP contribution in [0.4, 0.5) is 5.69 Å². The molecule has 1 amide bonds. The highest BCUT2D eigenvalue weighted by atomic mass is 16.5. The van der Waals surface area contributed by atoms with E-state index in [4.69, 9.17) is 4.74 Å². The van der Waals surface area contributed by atoms with E-state index in [0.29, 0.717) is 24.7 Å². The van der Waals surface area contributed by atoms with E-state index in [1.165, 1.54) is 0 Å². The van der Waals surface area contributed by atoms with Gasteiger partial charge in [0.15, 0.2) is 6.10 Å². The third-order valence-electron chi connectivity index (χ3n) is 5.25. The van der Waals surface area contributed by atoms with Crippen molar-refractivity contribution in [1.29, 1.82) is 0 Å². The van der Waals surface area contributed by atoms with Gasteiger partial charge in [-0.1, -0.05) is 19.9 Å². The van der Waals surface area contributed by atoms with Gasteiger partial charge in [-0.15, -0.1) is 0 Å². The molecule has 3 rings (SSSR count). The summed E-state index contributed by atoms with van der Waals surface area (Å²) in [5, 5.41) is 2.91. The molecule has 1 unspecified atom stereocenters. The molecule has 0 bridgehead atoms. The number of piperazine rings is 1. The molecule has 1 N–H and O–H groups in total. The standard InChI is InChI=1S/C21H31N3O3/c1-15(2)4-6-18(25)14-24-10-8-23(9-11-24)13-17-5-7-20-19(12-17)22-21(26)16(3)27-20/h5,7,12,15-16H,4,6,8-11,13-14H2,1-3H3,(H,22,26). The average Bonchev–Trinajstić information content (AvgIpc) is 2.63. The van der Waals surface area contributed by atoms with Gasteiger partial charge in [0.1, 0.15) is 11.5 Å². The lowest BCUT2D eigenvalue weighted by Gasteiger charge is -2.34. The van der Waals surface area contributed by atoms with Crippen molar-refractivity contribution < 1.29 is 14.3 Å². The summed E-state index contributed by atoms with van der Waals surface area (Å²) in [6.07, 6.45) is 1.23. The van der Waals surface area contributed by atoms with Crippen LogP contribution in [0.25, 0.3) is 0 Å². The molecule has 0 spiro atoms. The lowest BCUT2D eigenvalue weighted by atomic mass is 10.1. The average molecular weight is 373 g/mol. The molecule has 27 heavy (non-hydrogen) atoms. The highest BCUT2D eigenvalue weighted by Gasteiger charge is 2.24. The Kier molecular flexibility index (Phi) is 6.50. The zero-order chi connectivity index (χ0) is 19.4. The van der Waals surface area contributed by atoms with Gasteiger partial charge in [-0.2, -0.15) is 0 Å². The number of nitrogens with one attached hydrogen (secondary N) is 1. The van der Waals surface area contributed by atoms with Crippen LogP contribution in [0.1, 0.15) is 39.2 Å². The molecular weight excluding hydrogens is 342 g/mol. The first-order chi connectivity index (χ1) is 12.9. The van der Waals surface area contributed by atoms with Crippen LogP contribution in [0.15, 0.2) is 18.2 Å². The first-order valence-corrected chi connectivity index (χ1v) is 9.97. The second-order valence-electron chi connectivity index (χ2n) is 8.10. The molecule has 1 atom stereocenters. The molecule has 1 aromatic rings. The van der Waals surface area contributed by atoms with Gasteiger partial charge in [0.25, 0.3) is 5.91 Å². The summed E-state index contributed by atoms with van der Waals surface area (Å²) < 4.78 is 5.61. The number of Topliss-reactive ketones (excluding diaryl/α,β-unsaturated/α-hetero) is 1. The number of ether oxygens (including phenoxy) is 1. The monoisotopic (exact) mass is 373 g/mol. The minimum Gasteiger partial charge on any atom is -0.479 e. The van der Waals surface area contributed by atoms with E-state index >= 15 is 0 Å². The van der Waals surface area contributed by atoms with Crippen molar-refractivity contribution in [3.63, 3.8) is 0 Å². The van der Waals surface area contributed by atoms with Crippen LogP contribution >= 0.6 is 0 Å². The summed E-state index contributed by atoms with van der Waals surface area (Å²) in [6, 6.07) is 6.00. The molecule has 1 aromatic carbocycles. The molecule has 148 valence electrons. The molecule has 0 saturated carbocycles. The van der Waals surface area contributed by atoms with Crippen LogP contribution in [0.5, 0.6) is 5.75 Å². The van der Waals surface area contributed by atoms with Crippen LogP contribution < -0.4 is 10.1 Å². The van der Waals surface area contributed by atoms with Crippen LogP contribution in [0.3, 0.4) is 0 Å². The van der Waals surface area contributed by atoms with Gasteiger partial charge in [-0.25, -0.2) is 0 Å². The Balaban J connectivity index is 1.46. The van der Waals surface area contributed by atoms with Gasteiger partial charge in [0.2, 0.25) is 0 Å². The number of benzene rings is 1. The van der Waals surface area contributed by atoms with Gasteiger partial charge < -0.3 is 10.1 Å². The number of hydrogen-bond acceptors (Lipinski definition) is 5. The summed E-state index contributed by atoms with van der Waals surface area (Å²) in [5.74, 6) is 1.57. The second kappa shape index (κ2) is 8.85. The fourth-order valence-electron chi connectivity index (χ4n) is 3.50. The van der Waals surface area contributed by atoms with Crippen molar-refractivity contribution in [2.24, 2.45) is 5.92 Å². The molecule has 2 heterocycles. The second-order valence-corrected chi connectivity index (χ2v) is 8.10. The zero-order valence-corrected chi connectivity index (χ0v) is 16.7. The van der Waals surface area contributed by atoms with Crippen molar-refractivity contribution >= 4 is 17.4 Å². The highest BCUT2D eigenvalue weighted by Crippen LogP contribution is 2.30. The van der Waals surface area contributed by atoms with E-state index in [0.717, 1.165) is 56.1 Å². The maximum Gasteiger partial charge on any atom is 0.265 e. The van der Waals surface area contributed by atoms with Gasteiger partial charge in [-0.05, 0) is 37.0 Å². The third-order valence-corrected chi connectivity index (χ3v) is 5.25. The molecule has 2 aliphatic heterocycles. The highest BCUT2D eigenvalue weighted by molar-refractivity contribution is 5.97. The van der Waals surface area contributed by atoms with Crippen molar-refractivity contribution in [2.45, 2.75) is 46.3 Å². The predicted molar refractivity (Wildman–Crippen MR) is 106 cm³/mol. The number of nitrogens with zero attached hydrogens (tertiary/aromatic N) is 2. The summed E-state index contributed by atoms with van der Waals surface area (Å²) in [5.41, 5.74) is 1.92. The molecule has 6 nitrogen and oxygen atoms in total. The summed E-state index contributed by atoms with van der Waals surface area (Å²) in [7, 11) is 0. The normalized spacial score (nSPS) is 20.9. The molecule has 6 heteroatoms. The van der Waals surface area contributed by atoms with Crippen LogP contribution in [-0.4, -0.2) is 60.3 Å². The van der Waals surface area contributed by atoms with Crippen LogP contribution in [0.2, 0.25) is 0 Å². The molecule has 2 aliphatic rings. The van der Waals surface area contributed by atoms with Gasteiger partial charge >= 0.3 is 0 Å². The van der Waals surface area contributed by atoms with E-state index in [2.05, 4.69) is 35.0 Å². The number of carbonyl (C=O) groups excluding carboxylic acids is 2. The number of ketones is 1.